The highest BCUT2D eigenvalue weighted by Crippen LogP contribution is 2.36. The summed E-state index contributed by atoms with van der Waals surface area (Å²) >= 11 is 3.35. The van der Waals surface area contributed by atoms with Crippen LogP contribution < -0.4 is 0 Å². The lowest BCUT2D eigenvalue weighted by Gasteiger charge is -2.43. The second-order valence-electron chi connectivity index (χ2n) is 6.17. The molecule has 1 N–H and O–H groups in total. The second-order valence-corrected chi connectivity index (χ2v) is 6.96. The predicted octanol–water partition coefficient (Wildman–Crippen LogP) is 2.79. The van der Waals surface area contributed by atoms with Crippen LogP contribution in [0.15, 0.2) is 21.2 Å². The zero-order valence-corrected chi connectivity index (χ0v) is 13.4. The van der Waals surface area contributed by atoms with Gasteiger partial charge in [-0.25, -0.2) is 0 Å². The Hall–Kier alpha value is -0.360. The van der Waals surface area contributed by atoms with E-state index in [0.29, 0.717) is 19.3 Å². The van der Waals surface area contributed by atoms with Crippen LogP contribution in [0.2, 0.25) is 0 Å². The van der Waals surface area contributed by atoms with Gasteiger partial charge in [-0.3, -0.25) is 4.90 Å². The van der Waals surface area contributed by atoms with E-state index in [1.807, 2.05) is 19.1 Å². The summed E-state index contributed by atoms with van der Waals surface area (Å²) in [5.74, 6) is 1.16. The molecule has 0 bridgehead atoms. The molecule has 0 saturated carbocycles. The van der Waals surface area contributed by atoms with Crippen molar-refractivity contribution in [3.63, 3.8) is 0 Å². The molecule has 0 spiro atoms. The van der Waals surface area contributed by atoms with Gasteiger partial charge in [-0.2, -0.15) is 0 Å². The second kappa shape index (κ2) is 5.79. The van der Waals surface area contributed by atoms with Crippen molar-refractivity contribution in [3.05, 3.63) is 22.6 Å². The zero-order chi connectivity index (χ0) is 14.2. The SMILES string of the molecule is C[C@]1(O)CCOC[C@H]1[C@@H]1CCCN1Cc1ccc(Br)o1. The van der Waals surface area contributed by atoms with Crippen LogP contribution in [-0.4, -0.2) is 41.4 Å². The van der Waals surface area contributed by atoms with Gasteiger partial charge in [0.1, 0.15) is 5.76 Å². The molecule has 2 saturated heterocycles. The summed E-state index contributed by atoms with van der Waals surface area (Å²) in [4.78, 5) is 2.43. The fourth-order valence-electron chi connectivity index (χ4n) is 3.52. The van der Waals surface area contributed by atoms with Gasteiger partial charge >= 0.3 is 0 Å². The molecule has 1 aromatic rings. The first-order valence-corrected chi connectivity index (χ1v) is 8.14. The van der Waals surface area contributed by atoms with Crippen molar-refractivity contribution >= 4 is 15.9 Å². The molecule has 0 radical (unpaired) electrons. The number of hydrogen-bond acceptors (Lipinski definition) is 4. The smallest absolute Gasteiger partial charge is 0.169 e. The molecule has 0 amide bonds. The third-order valence-corrected chi connectivity index (χ3v) is 5.14. The van der Waals surface area contributed by atoms with Gasteiger partial charge in [-0.1, -0.05) is 0 Å². The average Bonchev–Trinajstić information content (AvgIpc) is 2.99. The van der Waals surface area contributed by atoms with E-state index in [1.54, 1.807) is 0 Å². The largest absolute Gasteiger partial charge is 0.453 e. The van der Waals surface area contributed by atoms with Gasteiger partial charge in [-0.15, -0.1) is 0 Å². The number of hydrogen-bond donors (Lipinski definition) is 1. The number of rotatable bonds is 3. The maximum Gasteiger partial charge on any atom is 0.169 e. The summed E-state index contributed by atoms with van der Waals surface area (Å²) in [7, 11) is 0. The van der Waals surface area contributed by atoms with Crippen molar-refractivity contribution in [2.45, 2.75) is 44.4 Å². The number of nitrogens with zero attached hydrogens (tertiary/aromatic N) is 1. The van der Waals surface area contributed by atoms with Crippen LogP contribution in [0.4, 0.5) is 0 Å². The van der Waals surface area contributed by atoms with Gasteiger partial charge < -0.3 is 14.3 Å². The summed E-state index contributed by atoms with van der Waals surface area (Å²) in [6, 6.07) is 4.32. The Balaban J connectivity index is 1.71. The molecule has 2 aliphatic heterocycles. The quantitative estimate of drug-likeness (QED) is 0.916. The Morgan fingerprint density at radius 1 is 1.50 bits per heavy atom. The van der Waals surface area contributed by atoms with E-state index in [0.717, 1.165) is 36.4 Å². The highest BCUT2D eigenvalue weighted by molar-refractivity contribution is 9.10. The molecule has 0 unspecified atom stereocenters. The molecule has 4 nitrogen and oxygen atoms in total. The molecule has 2 fully saturated rings. The molecular weight excluding hydrogens is 322 g/mol. The van der Waals surface area contributed by atoms with E-state index in [1.165, 1.54) is 6.42 Å². The molecule has 1 aromatic heterocycles. The van der Waals surface area contributed by atoms with Crippen LogP contribution >= 0.6 is 15.9 Å². The molecule has 112 valence electrons. The maximum atomic E-state index is 10.6. The highest BCUT2D eigenvalue weighted by atomic mass is 79.9. The van der Waals surface area contributed by atoms with Crippen molar-refractivity contribution in [2.24, 2.45) is 5.92 Å². The number of likely N-dealkylation sites (tertiary alicyclic amines) is 1. The van der Waals surface area contributed by atoms with Crippen molar-refractivity contribution in [1.29, 1.82) is 0 Å². The van der Waals surface area contributed by atoms with Gasteiger partial charge in [0.25, 0.3) is 0 Å². The fourth-order valence-corrected chi connectivity index (χ4v) is 3.86. The van der Waals surface area contributed by atoms with Crippen molar-refractivity contribution in [3.8, 4) is 0 Å². The van der Waals surface area contributed by atoms with Crippen LogP contribution in [-0.2, 0) is 11.3 Å². The molecule has 3 heterocycles. The Bertz CT molecular complexity index is 460. The highest BCUT2D eigenvalue weighted by Gasteiger charge is 2.44. The monoisotopic (exact) mass is 343 g/mol. The summed E-state index contributed by atoms with van der Waals surface area (Å²) in [6.07, 6.45) is 3.04. The van der Waals surface area contributed by atoms with Crippen LogP contribution in [0.5, 0.6) is 0 Å². The summed E-state index contributed by atoms with van der Waals surface area (Å²) in [5.41, 5.74) is -0.616. The van der Waals surface area contributed by atoms with Gasteiger partial charge in [0.15, 0.2) is 4.67 Å². The van der Waals surface area contributed by atoms with Crippen LogP contribution in [0.25, 0.3) is 0 Å². The minimum atomic E-state index is -0.616. The molecule has 2 aliphatic rings. The first-order valence-electron chi connectivity index (χ1n) is 7.35. The zero-order valence-electron chi connectivity index (χ0n) is 11.8. The number of furan rings is 1. The average molecular weight is 344 g/mol. The normalized spacial score (nSPS) is 35.5. The van der Waals surface area contributed by atoms with E-state index < -0.39 is 5.60 Å². The minimum absolute atomic E-state index is 0.192. The van der Waals surface area contributed by atoms with Crippen molar-refractivity contribution in [1.82, 2.24) is 4.90 Å². The molecule has 3 atom stereocenters. The predicted molar refractivity (Wildman–Crippen MR) is 79.4 cm³/mol. The van der Waals surface area contributed by atoms with Gasteiger partial charge in [-0.05, 0) is 60.8 Å². The van der Waals surface area contributed by atoms with Crippen LogP contribution in [0.3, 0.4) is 0 Å². The lowest BCUT2D eigenvalue weighted by atomic mass is 9.79. The van der Waals surface area contributed by atoms with Crippen molar-refractivity contribution < 1.29 is 14.3 Å². The number of aliphatic hydroxyl groups is 1. The Morgan fingerprint density at radius 2 is 2.35 bits per heavy atom. The van der Waals surface area contributed by atoms with E-state index in [9.17, 15) is 5.11 Å². The number of halogens is 1. The summed E-state index contributed by atoms with van der Waals surface area (Å²) < 4.78 is 12.0. The third-order valence-electron chi connectivity index (χ3n) is 4.72. The molecule has 0 aliphatic carbocycles. The van der Waals surface area contributed by atoms with Gasteiger partial charge in [0.05, 0.1) is 18.8 Å². The molecule has 3 rings (SSSR count). The first-order chi connectivity index (χ1) is 9.56. The topological polar surface area (TPSA) is 45.8 Å². The lowest BCUT2D eigenvalue weighted by molar-refractivity contribution is -0.124. The van der Waals surface area contributed by atoms with Gasteiger partial charge in [0.2, 0.25) is 0 Å². The maximum absolute atomic E-state index is 10.6. The van der Waals surface area contributed by atoms with Crippen LogP contribution in [0.1, 0.15) is 31.9 Å². The van der Waals surface area contributed by atoms with E-state index >= 15 is 0 Å². The summed E-state index contributed by atoms with van der Waals surface area (Å²) in [6.45, 7) is 5.16. The lowest BCUT2D eigenvalue weighted by Crippen LogP contribution is -2.52. The van der Waals surface area contributed by atoms with Gasteiger partial charge in [0, 0.05) is 18.6 Å². The van der Waals surface area contributed by atoms with E-state index in [2.05, 4.69) is 20.8 Å². The number of ether oxygens (including phenoxy) is 1. The van der Waals surface area contributed by atoms with Crippen molar-refractivity contribution in [2.75, 3.05) is 19.8 Å². The third kappa shape index (κ3) is 2.96. The fraction of sp³-hybridized carbons (Fsp3) is 0.733. The molecule has 20 heavy (non-hydrogen) atoms. The Labute approximate surface area is 128 Å². The summed E-state index contributed by atoms with van der Waals surface area (Å²) in [5, 5.41) is 10.6. The van der Waals surface area contributed by atoms with Crippen LogP contribution in [0, 0.1) is 5.92 Å². The molecular formula is C15H22BrNO3. The van der Waals surface area contributed by atoms with E-state index in [4.69, 9.17) is 9.15 Å². The van der Waals surface area contributed by atoms with E-state index in [-0.39, 0.29) is 5.92 Å². The Morgan fingerprint density at radius 3 is 3.05 bits per heavy atom. The molecule has 5 heteroatoms. The molecule has 0 aromatic carbocycles. The Kier molecular flexibility index (Phi) is 4.22. The first kappa shape index (κ1) is 14.6. The minimum Gasteiger partial charge on any atom is -0.453 e. The standard InChI is InChI=1S/C15H22BrNO3/c1-15(18)6-8-19-10-12(15)13-3-2-7-17(13)9-11-4-5-14(16)20-11/h4-5,12-13,18H,2-3,6-10H2,1H3/t12-,13-,15-/m0/s1.